The average molecular weight is 316 g/mol. The van der Waals surface area contributed by atoms with Crippen molar-refractivity contribution in [2.24, 2.45) is 5.92 Å². The summed E-state index contributed by atoms with van der Waals surface area (Å²) in [5.41, 5.74) is 2.17. The SMILES string of the molecule is Cc1ccc2nc(SCC(=O)N[C@](C)(C#N)C(C)C)[nH]c2c1. The quantitative estimate of drug-likeness (QED) is 0.831. The molecule has 2 rings (SSSR count). The summed E-state index contributed by atoms with van der Waals surface area (Å²) in [6, 6.07) is 8.16. The number of rotatable bonds is 5. The van der Waals surface area contributed by atoms with Gasteiger partial charge in [0.2, 0.25) is 5.91 Å². The standard InChI is InChI=1S/C16H20N4OS/c1-10(2)16(4,9-17)20-14(21)8-22-15-18-12-6-5-11(3)7-13(12)19-15/h5-7,10H,8H2,1-4H3,(H,18,19)(H,20,21)/t16-/m1/s1. The number of hydrogen-bond donors (Lipinski definition) is 2. The Morgan fingerprint density at radius 2 is 2.27 bits per heavy atom. The molecule has 116 valence electrons. The molecule has 0 unspecified atom stereocenters. The number of nitrogens with one attached hydrogen (secondary N) is 2. The lowest BCUT2D eigenvalue weighted by atomic mass is 9.90. The van der Waals surface area contributed by atoms with Crippen molar-refractivity contribution in [2.45, 2.75) is 38.4 Å². The molecule has 0 bridgehead atoms. The molecule has 0 aliphatic heterocycles. The number of nitrogens with zero attached hydrogens (tertiary/aromatic N) is 2. The number of aromatic nitrogens is 2. The van der Waals surface area contributed by atoms with Crippen molar-refractivity contribution >= 4 is 28.7 Å². The highest BCUT2D eigenvalue weighted by Crippen LogP contribution is 2.21. The van der Waals surface area contributed by atoms with E-state index < -0.39 is 5.54 Å². The lowest BCUT2D eigenvalue weighted by Crippen LogP contribution is -2.49. The highest BCUT2D eigenvalue weighted by molar-refractivity contribution is 7.99. The van der Waals surface area contributed by atoms with E-state index in [4.69, 9.17) is 0 Å². The molecule has 0 saturated carbocycles. The number of carbonyl (C=O) groups excluding carboxylic acids is 1. The lowest BCUT2D eigenvalue weighted by Gasteiger charge is -2.27. The van der Waals surface area contributed by atoms with Gasteiger partial charge in [-0.1, -0.05) is 31.7 Å². The maximum absolute atomic E-state index is 12.0. The molecule has 22 heavy (non-hydrogen) atoms. The third-order valence-corrected chi connectivity index (χ3v) is 4.61. The van der Waals surface area contributed by atoms with Gasteiger partial charge in [0.05, 0.1) is 22.9 Å². The summed E-state index contributed by atoms with van der Waals surface area (Å²) in [6.45, 7) is 7.59. The molecule has 5 nitrogen and oxygen atoms in total. The number of thioether (sulfide) groups is 1. The van der Waals surface area contributed by atoms with E-state index in [1.165, 1.54) is 11.8 Å². The van der Waals surface area contributed by atoms with Crippen LogP contribution in [0, 0.1) is 24.2 Å². The Morgan fingerprint density at radius 3 is 2.91 bits per heavy atom. The van der Waals surface area contributed by atoms with Crippen LogP contribution in [0.3, 0.4) is 0 Å². The van der Waals surface area contributed by atoms with E-state index >= 15 is 0 Å². The Bertz CT molecular complexity index is 731. The highest BCUT2D eigenvalue weighted by Gasteiger charge is 2.29. The van der Waals surface area contributed by atoms with Gasteiger partial charge in [-0.3, -0.25) is 4.79 Å². The van der Waals surface area contributed by atoms with Crippen molar-refractivity contribution in [1.29, 1.82) is 5.26 Å². The maximum Gasteiger partial charge on any atom is 0.231 e. The summed E-state index contributed by atoms with van der Waals surface area (Å²) in [4.78, 5) is 19.7. The third kappa shape index (κ3) is 3.60. The Kier molecular flexibility index (Phi) is 4.77. The van der Waals surface area contributed by atoms with E-state index in [1.54, 1.807) is 6.92 Å². The fraction of sp³-hybridized carbons (Fsp3) is 0.438. The number of benzene rings is 1. The summed E-state index contributed by atoms with van der Waals surface area (Å²) in [7, 11) is 0. The van der Waals surface area contributed by atoms with Crippen LogP contribution < -0.4 is 5.32 Å². The van der Waals surface area contributed by atoms with Crippen LogP contribution >= 0.6 is 11.8 Å². The number of aryl methyl sites for hydroxylation is 1. The molecule has 0 spiro atoms. The molecule has 6 heteroatoms. The van der Waals surface area contributed by atoms with E-state index in [9.17, 15) is 10.1 Å². The summed E-state index contributed by atoms with van der Waals surface area (Å²) in [5, 5.41) is 12.7. The van der Waals surface area contributed by atoms with Gasteiger partial charge in [0.25, 0.3) is 0 Å². The first-order valence-electron chi connectivity index (χ1n) is 7.15. The van der Waals surface area contributed by atoms with E-state index in [0.717, 1.165) is 16.6 Å². The zero-order valence-corrected chi connectivity index (χ0v) is 14.0. The van der Waals surface area contributed by atoms with Crippen LogP contribution in [0.25, 0.3) is 11.0 Å². The molecule has 1 atom stereocenters. The monoisotopic (exact) mass is 316 g/mol. The molecular formula is C16H20N4OS. The summed E-state index contributed by atoms with van der Waals surface area (Å²) in [6.07, 6.45) is 0. The first-order valence-corrected chi connectivity index (χ1v) is 8.14. The normalized spacial score (nSPS) is 13.8. The summed E-state index contributed by atoms with van der Waals surface area (Å²) in [5.74, 6) is 0.100. The molecule has 1 aromatic heterocycles. The van der Waals surface area contributed by atoms with Crippen molar-refractivity contribution in [3.05, 3.63) is 23.8 Å². The molecule has 0 fully saturated rings. The van der Waals surface area contributed by atoms with E-state index in [2.05, 4.69) is 21.4 Å². The maximum atomic E-state index is 12.0. The molecule has 1 amide bonds. The second-order valence-electron chi connectivity index (χ2n) is 5.87. The fourth-order valence-corrected chi connectivity index (χ4v) is 2.61. The topological polar surface area (TPSA) is 81.6 Å². The molecule has 2 aromatic rings. The van der Waals surface area contributed by atoms with Gasteiger partial charge in [-0.25, -0.2) is 4.98 Å². The number of hydrogen-bond acceptors (Lipinski definition) is 4. The molecule has 0 aliphatic carbocycles. The highest BCUT2D eigenvalue weighted by atomic mass is 32.2. The lowest BCUT2D eigenvalue weighted by molar-refractivity contribution is -0.120. The van der Waals surface area contributed by atoms with Gasteiger partial charge >= 0.3 is 0 Å². The van der Waals surface area contributed by atoms with Gasteiger partial charge in [-0.2, -0.15) is 5.26 Å². The van der Waals surface area contributed by atoms with Crippen LogP contribution in [-0.2, 0) is 4.79 Å². The minimum Gasteiger partial charge on any atom is -0.337 e. The van der Waals surface area contributed by atoms with E-state index in [0.29, 0.717) is 5.16 Å². The van der Waals surface area contributed by atoms with Crippen molar-refractivity contribution in [1.82, 2.24) is 15.3 Å². The average Bonchev–Trinajstić information content (AvgIpc) is 2.86. The Labute approximate surface area is 134 Å². The zero-order chi connectivity index (χ0) is 16.3. The molecule has 1 heterocycles. The van der Waals surface area contributed by atoms with Gasteiger partial charge in [-0.15, -0.1) is 0 Å². The van der Waals surface area contributed by atoms with E-state index in [1.807, 2.05) is 39.0 Å². The Hall–Kier alpha value is -2.00. The van der Waals surface area contributed by atoms with Gasteiger partial charge in [0.15, 0.2) is 5.16 Å². The fourth-order valence-electron chi connectivity index (χ4n) is 1.93. The third-order valence-electron chi connectivity index (χ3n) is 3.74. The number of fused-ring (bicyclic) bond motifs is 1. The first kappa shape index (κ1) is 16.4. The van der Waals surface area contributed by atoms with Gasteiger partial charge in [0.1, 0.15) is 5.54 Å². The first-order chi connectivity index (χ1) is 10.3. The molecule has 1 aromatic carbocycles. The predicted molar refractivity (Wildman–Crippen MR) is 88.6 cm³/mol. The van der Waals surface area contributed by atoms with Gasteiger partial charge in [0, 0.05) is 0 Å². The van der Waals surface area contributed by atoms with Crippen LogP contribution in [0.2, 0.25) is 0 Å². The van der Waals surface area contributed by atoms with Crippen LogP contribution in [0.5, 0.6) is 0 Å². The zero-order valence-electron chi connectivity index (χ0n) is 13.2. The smallest absolute Gasteiger partial charge is 0.231 e. The molecule has 2 N–H and O–H groups in total. The minimum absolute atomic E-state index is 0.0422. The van der Waals surface area contributed by atoms with Gasteiger partial charge in [-0.05, 0) is 37.5 Å². The van der Waals surface area contributed by atoms with Crippen LogP contribution in [0.1, 0.15) is 26.3 Å². The molecule has 0 radical (unpaired) electrons. The Morgan fingerprint density at radius 1 is 1.55 bits per heavy atom. The number of H-pyrrole nitrogens is 1. The number of imidazole rings is 1. The van der Waals surface area contributed by atoms with Crippen LogP contribution in [0.15, 0.2) is 23.4 Å². The Balaban J connectivity index is 1.99. The van der Waals surface area contributed by atoms with Crippen molar-refractivity contribution < 1.29 is 4.79 Å². The summed E-state index contributed by atoms with van der Waals surface area (Å²) < 4.78 is 0. The van der Waals surface area contributed by atoms with Gasteiger partial charge < -0.3 is 10.3 Å². The minimum atomic E-state index is -0.845. The van der Waals surface area contributed by atoms with Crippen molar-refractivity contribution in [3.8, 4) is 6.07 Å². The number of nitriles is 1. The molecular weight excluding hydrogens is 296 g/mol. The van der Waals surface area contributed by atoms with Crippen LogP contribution in [0.4, 0.5) is 0 Å². The number of carbonyl (C=O) groups is 1. The number of amides is 1. The van der Waals surface area contributed by atoms with Crippen molar-refractivity contribution in [2.75, 3.05) is 5.75 Å². The predicted octanol–water partition coefficient (Wildman–Crippen LogP) is 3.02. The van der Waals surface area contributed by atoms with E-state index in [-0.39, 0.29) is 17.6 Å². The summed E-state index contributed by atoms with van der Waals surface area (Å²) >= 11 is 1.33. The molecule has 0 saturated heterocycles. The van der Waals surface area contributed by atoms with Crippen molar-refractivity contribution in [3.63, 3.8) is 0 Å². The van der Waals surface area contributed by atoms with Crippen LogP contribution in [-0.4, -0.2) is 27.2 Å². The molecule has 0 aliphatic rings. The second-order valence-corrected chi connectivity index (χ2v) is 6.83. The second kappa shape index (κ2) is 6.41. The largest absolute Gasteiger partial charge is 0.337 e. The number of aromatic amines is 1.